The molecule has 116 valence electrons. The van der Waals surface area contributed by atoms with Crippen LogP contribution in [-0.2, 0) is 14.3 Å². The average molecular weight is 303 g/mol. The lowest BCUT2D eigenvalue weighted by Crippen LogP contribution is -2.41. The monoisotopic (exact) mass is 303 g/mol. The van der Waals surface area contributed by atoms with Crippen molar-refractivity contribution in [3.05, 3.63) is 0 Å². The molecule has 0 radical (unpaired) electrons. The van der Waals surface area contributed by atoms with Crippen LogP contribution in [0.25, 0.3) is 0 Å². The van der Waals surface area contributed by atoms with Gasteiger partial charge < -0.3 is 15.2 Å². The highest BCUT2D eigenvalue weighted by Gasteiger charge is 2.40. The Hall–Kier alpha value is -0.750. The van der Waals surface area contributed by atoms with Crippen LogP contribution in [0, 0.1) is 5.41 Å². The molecule has 20 heavy (non-hydrogen) atoms. The van der Waals surface area contributed by atoms with Gasteiger partial charge in [-0.05, 0) is 26.2 Å². The van der Waals surface area contributed by atoms with Crippen LogP contribution < -0.4 is 5.32 Å². The zero-order valence-electron chi connectivity index (χ0n) is 12.2. The molecule has 1 saturated carbocycles. The van der Waals surface area contributed by atoms with E-state index in [4.69, 9.17) is 9.84 Å². The summed E-state index contributed by atoms with van der Waals surface area (Å²) in [6.45, 7) is 3.81. The van der Waals surface area contributed by atoms with Gasteiger partial charge in [-0.3, -0.25) is 9.59 Å². The van der Waals surface area contributed by atoms with Gasteiger partial charge in [0.05, 0.1) is 11.2 Å². The van der Waals surface area contributed by atoms with E-state index >= 15 is 0 Å². The van der Waals surface area contributed by atoms with Crippen molar-refractivity contribution in [3.8, 4) is 0 Å². The highest BCUT2D eigenvalue weighted by atomic mass is 32.2. The fourth-order valence-electron chi connectivity index (χ4n) is 2.64. The Labute approximate surface area is 124 Å². The first-order valence-electron chi connectivity index (χ1n) is 7.26. The van der Waals surface area contributed by atoms with E-state index in [2.05, 4.69) is 5.32 Å². The number of hydrogen-bond donors (Lipinski definition) is 2. The van der Waals surface area contributed by atoms with Crippen molar-refractivity contribution in [1.82, 2.24) is 5.32 Å². The van der Waals surface area contributed by atoms with E-state index in [9.17, 15) is 9.59 Å². The Morgan fingerprint density at radius 3 is 2.65 bits per heavy atom. The first-order chi connectivity index (χ1) is 9.60. The number of carbonyl (C=O) groups excluding carboxylic acids is 1. The maximum absolute atomic E-state index is 12.4. The molecule has 6 heteroatoms. The second-order valence-electron chi connectivity index (χ2n) is 5.14. The molecule has 0 spiro atoms. The highest BCUT2D eigenvalue weighted by Crippen LogP contribution is 2.41. The number of hydrogen-bond acceptors (Lipinski definition) is 4. The van der Waals surface area contributed by atoms with Gasteiger partial charge in [0, 0.05) is 25.5 Å². The third-order valence-electron chi connectivity index (χ3n) is 3.73. The maximum Gasteiger partial charge on any atom is 0.313 e. The zero-order valence-corrected chi connectivity index (χ0v) is 13.0. The van der Waals surface area contributed by atoms with Gasteiger partial charge in [-0.25, -0.2) is 0 Å². The van der Waals surface area contributed by atoms with Crippen molar-refractivity contribution >= 4 is 23.6 Å². The lowest BCUT2D eigenvalue weighted by atomic mass is 9.82. The number of amides is 1. The summed E-state index contributed by atoms with van der Waals surface area (Å²) >= 11 is 1.33. The molecular weight excluding hydrogens is 278 g/mol. The first-order valence-corrected chi connectivity index (χ1v) is 8.42. The van der Waals surface area contributed by atoms with Gasteiger partial charge in [0.1, 0.15) is 0 Å². The normalized spacial score (nSPS) is 17.1. The summed E-state index contributed by atoms with van der Waals surface area (Å²) in [7, 11) is 0. The van der Waals surface area contributed by atoms with Gasteiger partial charge in [-0.15, -0.1) is 11.8 Å². The number of ether oxygens (including phenoxy) is 1. The van der Waals surface area contributed by atoms with E-state index in [1.807, 2.05) is 6.92 Å². The molecule has 5 nitrogen and oxygen atoms in total. The number of carboxylic acid groups (broad SMARTS) is 1. The SMILES string of the molecule is CCOCCC1(C(=O)NCCSCC(=O)O)CCCC1. The minimum absolute atomic E-state index is 0.0886. The summed E-state index contributed by atoms with van der Waals surface area (Å²) in [6, 6.07) is 0. The summed E-state index contributed by atoms with van der Waals surface area (Å²) in [5, 5.41) is 11.5. The van der Waals surface area contributed by atoms with Crippen molar-refractivity contribution in [1.29, 1.82) is 0 Å². The van der Waals surface area contributed by atoms with Crippen molar-refractivity contribution in [2.75, 3.05) is 31.3 Å². The van der Waals surface area contributed by atoms with Crippen molar-refractivity contribution in [2.24, 2.45) is 5.41 Å². The average Bonchev–Trinajstić information content (AvgIpc) is 2.88. The molecule has 0 atom stereocenters. The Morgan fingerprint density at radius 1 is 1.35 bits per heavy atom. The number of rotatable bonds is 10. The molecule has 0 aromatic carbocycles. The lowest BCUT2D eigenvalue weighted by Gasteiger charge is -2.27. The molecule has 1 rings (SSSR count). The Morgan fingerprint density at radius 2 is 2.05 bits per heavy atom. The summed E-state index contributed by atoms with van der Waals surface area (Å²) in [4.78, 5) is 22.7. The molecule has 0 aromatic rings. The molecule has 0 heterocycles. The number of carboxylic acids is 1. The number of nitrogens with one attached hydrogen (secondary N) is 1. The molecule has 0 saturated heterocycles. The van der Waals surface area contributed by atoms with Gasteiger partial charge in [-0.1, -0.05) is 12.8 Å². The molecule has 0 bridgehead atoms. The van der Waals surface area contributed by atoms with Crippen LogP contribution in [-0.4, -0.2) is 48.2 Å². The van der Waals surface area contributed by atoms with E-state index in [0.717, 1.165) is 32.1 Å². The fourth-order valence-corrected chi connectivity index (χ4v) is 3.20. The third kappa shape index (κ3) is 5.71. The number of thioether (sulfide) groups is 1. The van der Waals surface area contributed by atoms with Crippen molar-refractivity contribution in [3.63, 3.8) is 0 Å². The van der Waals surface area contributed by atoms with Crippen LogP contribution in [0.3, 0.4) is 0 Å². The van der Waals surface area contributed by atoms with E-state index < -0.39 is 5.97 Å². The molecule has 1 aliphatic rings. The number of carbonyl (C=O) groups is 2. The van der Waals surface area contributed by atoms with Crippen molar-refractivity contribution in [2.45, 2.75) is 39.0 Å². The number of aliphatic carboxylic acids is 1. The van der Waals surface area contributed by atoms with E-state index in [1.54, 1.807) is 0 Å². The van der Waals surface area contributed by atoms with Gasteiger partial charge >= 0.3 is 5.97 Å². The molecule has 1 aliphatic carbocycles. The summed E-state index contributed by atoms with van der Waals surface area (Å²) in [6.07, 6.45) is 4.87. The van der Waals surface area contributed by atoms with Crippen LogP contribution in [0.1, 0.15) is 39.0 Å². The minimum atomic E-state index is -0.815. The van der Waals surface area contributed by atoms with Crippen LogP contribution in [0.5, 0.6) is 0 Å². The molecule has 1 fully saturated rings. The zero-order chi connectivity index (χ0) is 14.8. The first kappa shape index (κ1) is 17.3. The molecule has 0 aliphatic heterocycles. The Bertz CT molecular complexity index is 316. The molecule has 0 aromatic heterocycles. The molecule has 2 N–H and O–H groups in total. The summed E-state index contributed by atoms with van der Waals surface area (Å²) < 4.78 is 5.39. The van der Waals surface area contributed by atoms with Crippen molar-refractivity contribution < 1.29 is 19.4 Å². The van der Waals surface area contributed by atoms with Gasteiger partial charge in [0.25, 0.3) is 0 Å². The second-order valence-corrected chi connectivity index (χ2v) is 6.24. The standard InChI is InChI=1S/C14H25NO4S/c1-2-19-9-7-14(5-3-4-6-14)13(18)15-8-10-20-11-12(16)17/h2-11H2,1H3,(H,15,18)(H,16,17). The van der Waals surface area contributed by atoms with Crippen LogP contribution >= 0.6 is 11.8 Å². The van der Waals surface area contributed by atoms with Crippen LogP contribution in [0.2, 0.25) is 0 Å². The predicted molar refractivity (Wildman–Crippen MR) is 80.0 cm³/mol. The van der Waals surface area contributed by atoms with E-state index in [1.165, 1.54) is 11.8 Å². The quantitative estimate of drug-likeness (QED) is 0.603. The maximum atomic E-state index is 12.4. The third-order valence-corrected chi connectivity index (χ3v) is 4.67. The topological polar surface area (TPSA) is 75.6 Å². The molecule has 0 unspecified atom stereocenters. The Kier molecular flexibility index (Phi) is 7.99. The smallest absolute Gasteiger partial charge is 0.313 e. The second kappa shape index (κ2) is 9.23. The van der Waals surface area contributed by atoms with Gasteiger partial charge in [-0.2, -0.15) is 0 Å². The van der Waals surface area contributed by atoms with E-state index in [-0.39, 0.29) is 17.1 Å². The largest absolute Gasteiger partial charge is 0.481 e. The summed E-state index contributed by atoms with van der Waals surface area (Å²) in [5.41, 5.74) is -0.257. The van der Waals surface area contributed by atoms with E-state index in [0.29, 0.717) is 25.5 Å². The fraction of sp³-hybridized carbons (Fsp3) is 0.857. The molecular formula is C14H25NO4S. The highest BCUT2D eigenvalue weighted by molar-refractivity contribution is 7.99. The van der Waals surface area contributed by atoms with Crippen LogP contribution in [0.4, 0.5) is 0 Å². The predicted octanol–water partition coefficient (Wildman–Crippen LogP) is 1.91. The minimum Gasteiger partial charge on any atom is -0.481 e. The molecule has 1 amide bonds. The lowest BCUT2D eigenvalue weighted by molar-refractivity contribution is -0.134. The van der Waals surface area contributed by atoms with Gasteiger partial charge in [0.15, 0.2) is 0 Å². The Balaban J connectivity index is 2.31. The summed E-state index contributed by atoms with van der Waals surface area (Å²) in [5.74, 6) is 0.0289. The van der Waals surface area contributed by atoms with Crippen LogP contribution in [0.15, 0.2) is 0 Å². The van der Waals surface area contributed by atoms with Gasteiger partial charge in [0.2, 0.25) is 5.91 Å².